The normalized spacial score (nSPS) is 19.9. The zero-order valence-electron chi connectivity index (χ0n) is 12.8. The molecule has 1 aromatic heterocycles. The molecule has 126 valence electrons. The Balaban J connectivity index is 0.00000242. The van der Waals surface area contributed by atoms with Crippen LogP contribution < -0.4 is 5.32 Å². The smallest absolute Gasteiger partial charge is 0.193 e. The minimum atomic E-state index is -0.573. The van der Waals surface area contributed by atoms with Crippen LogP contribution in [-0.4, -0.2) is 56.4 Å². The van der Waals surface area contributed by atoms with Gasteiger partial charge >= 0.3 is 0 Å². The number of thiophene rings is 1. The molecular formula is C14H23ClIN3O2S. The third-order valence-corrected chi connectivity index (χ3v) is 4.91. The van der Waals surface area contributed by atoms with Gasteiger partial charge in [0.25, 0.3) is 0 Å². The number of nitrogens with zero attached hydrogens (tertiary/aromatic N) is 2. The Kier molecular flexibility index (Phi) is 9.00. The molecule has 2 unspecified atom stereocenters. The van der Waals surface area contributed by atoms with E-state index in [1.807, 2.05) is 6.07 Å². The highest BCUT2D eigenvalue weighted by Crippen LogP contribution is 2.26. The second-order valence-electron chi connectivity index (χ2n) is 5.14. The van der Waals surface area contributed by atoms with E-state index in [0.717, 1.165) is 37.0 Å². The minimum Gasteiger partial charge on any atom is -0.386 e. The summed E-state index contributed by atoms with van der Waals surface area (Å²) in [6, 6.07) is 3.65. The van der Waals surface area contributed by atoms with E-state index >= 15 is 0 Å². The number of likely N-dealkylation sites (tertiary alicyclic amines) is 1. The molecule has 2 N–H and O–H groups in total. The summed E-state index contributed by atoms with van der Waals surface area (Å²) in [5, 5.41) is 13.4. The maximum atomic E-state index is 10.2. The summed E-state index contributed by atoms with van der Waals surface area (Å²) in [5.41, 5.74) is 0. The Morgan fingerprint density at radius 1 is 1.64 bits per heavy atom. The molecule has 1 aliphatic heterocycles. The first-order valence-corrected chi connectivity index (χ1v) is 8.21. The number of rotatable bonds is 5. The van der Waals surface area contributed by atoms with Gasteiger partial charge in [-0.1, -0.05) is 11.6 Å². The standard InChI is InChI=1S/C14H22ClN3O2S.HI/c1-16-14(18-6-5-10(8-18)9-20-2)17-7-11(19)12-3-4-13(15)21-12;/h3-4,10-11,19H,5-9H2,1-2H3,(H,16,17);1H. The number of hydrogen-bond donors (Lipinski definition) is 2. The van der Waals surface area contributed by atoms with Crippen molar-refractivity contribution in [3.8, 4) is 0 Å². The van der Waals surface area contributed by atoms with Gasteiger partial charge in [-0.3, -0.25) is 4.99 Å². The molecule has 0 spiro atoms. The van der Waals surface area contributed by atoms with Gasteiger partial charge in [-0.05, 0) is 18.6 Å². The van der Waals surface area contributed by atoms with E-state index in [1.54, 1.807) is 20.2 Å². The molecule has 0 aromatic carbocycles. The highest BCUT2D eigenvalue weighted by molar-refractivity contribution is 14.0. The van der Waals surface area contributed by atoms with E-state index < -0.39 is 6.10 Å². The second-order valence-corrected chi connectivity index (χ2v) is 6.89. The average molecular weight is 460 g/mol. The summed E-state index contributed by atoms with van der Waals surface area (Å²) < 4.78 is 5.90. The van der Waals surface area contributed by atoms with Crippen LogP contribution in [-0.2, 0) is 4.74 Å². The average Bonchev–Trinajstić information content (AvgIpc) is 3.09. The van der Waals surface area contributed by atoms with Crippen molar-refractivity contribution in [1.29, 1.82) is 0 Å². The first-order chi connectivity index (χ1) is 10.1. The van der Waals surface area contributed by atoms with Crippen LogP contribution in [0.2, 0.25) is 4.34 Å². The molecule has 2 rings (SSSR count). The molecule has 2 heterocycles. The molecule has 1 aromatic rings. The number of guanidine groups is 1. The molecule has 1 aliphatic rings. The Morgan fingerprint density at radius 2 is 2.41 bits per heavy atom. The largest absolute Gasteiger partial charge is 0.386 e. The van der Waals surface area contributed by atoms with Crippen LogP contribution in [0.1, 0.15) is 17.4 Å². The van der Waals surface area contributed by atoms with Crippen LogP contribution in [0.5, 0.6) is 0 Å². The van der Waals surface area contributed by atoms with E-state index in [2.05, 4.69) is 15.2 Å². The zero-order chi connectivity index (χ0) is 15.2. The van der Waals surface area contributed by atoms with Gasteiger partial charge in [-0.2, -0.15) is 0 Å². The number of aliphatic hydroxyl groups excluding tert-OH is 1. The van der Waals surface area contributed by atoms with E-state index in [0.29, 0.717) is 16.8 Å². The molecule has 0 bridgehead atoms. The lowest BCUT2D eigenvalue weighted by atomic mass is 10.1. The first-order valence-electron chi connectivity index (χ1n) is 7.02. The van der Waals surface area contributed by atoms with E-state index in [-0.39, 0.29) is 24.0 Å². The van der Waals surface area contributed by atoms with Crippen LogP contribution in [0.25, 0.3) is 0 Å². The fourth-order valence-electron chi connectivity index (χ4n) is 2.52. The third-order valence-electron chi connectivity index (χ3n) is 3.58. The van der Waals surface area contributed by atoms with Crippen LogP contribution in [0.3, 0.4) is 0 Å². The van der Waals surface area contributed by atoms with Crippen molar-refractivity contribution in [2.24, 2.45) is 10.9 Å². The summed E-state index contributed by atoms with van der Waals surface area (Å²) in [7, 11) is 3.50. The van der Waals surface area contributed by atoms with E-state index in [4.69, 9.17) is 16.3 Å². The van der Waals surface area contributed by atoms with Crippen molar-refractivity contribution in [1.82, 2.24) is 10.2 Å². The maximum Gasteiger partial charge on any atom is 0.193 e. The summed E-state index contributed by atoms with van der Waals surface area (Å²) in [4.78, 5) is 7.36. The Labute approximate surface area is 157 Å². The van der Waals surface area contributed by atoms with Crippen molar-refractivity contribution in [2.75, 3.05) is 40.4 Å². The predicted molar refractivity (Wildman–Crippen MR) is 103 cm³/mol. The molecule has 0 aliphatic carbocycles. The molecule has 0 radical (unpaired) electrons. The molecule has 5 nitrogen and oxygen atoms in total. The molecule has 1 saturated heterocycles. The molecule has 22 heavy (non-hydrogen) atoms. The fourth-order valence-corrected chi connectivity index (χ4v) is 3.57. The quantitative estimate of drug-likeness (QED) is 0.404. The van der Waals surface area contributed by atoms with Crippen molar-refractivity contribution < 1.29 is 9.84 Å². The maximum absolute atomic E-state index is 10.2. The second kappa shape index (κ2) is 9.92. The van der Waals surface area contributed by atoms with Gasteiger partial charge in [0.2, 0.25) is 0 Å². The number of nitrogens with one attached hydrogen (secondary N) is 1. The van der Waals surface area contributed by atoms with Gasteiger partial charge < -0.3 is 20.1 Å². The molecule has 0 amide bonds. The highest BCUT2D eigenvalue weighted by atomic mass is 127. The third kappa shape index (κ3) is 5.52. The number of ether oxygens (including phenoxy) is 1. The SMILES string of the molecule is CN=C(NCC(O)c1ccc(Cl)s1)N1CCC(COC)C1.I. The lowest BCUT2D eigenvalue weighted by Crippen LogP contribution is -2.41. The Bertz CT molecular complexity index is 486. The van der Waals surface area contributed by atoms with E-state index in [1.165, 1.54) is 11.3 Å². The summed E-state index contributed by atoms with van der Waals surface area (Å²) >= 11 is 7.29. The monoisotopic (exact) mass is 459 g/mol. The number of methoxy groups -OCH3 is 1. The van der Waals surface area contributed by atoms with Crippen LogP contribution in [0, 0.1) is 5.92 Å². The Hall–Kier alpha value is -0.0900. The molecule has 1 fully saturated rings. The lowest BCUT2D eigenvalue weighted by Gasteiger charge is -2.22. The highest BCUT2D eigenvalue weighted by Gasteiger charge is 2.25. The number of aliphatic hydroxyl groups is 1. The lowest BCUT2D eigenvalue weighted by molar-refractivity contribution is 0.157. The van der Waals surface area contributed by atoms with Crippen molar-refractivity contribution in [3.63, 3.8) is 0 Å². The fraction of sp³-hybridized carbons (Fsp3) is 0.643. The molecule has 2 atom stereocenters. The predicted octanol–water partition coefficient (Wildman–Crippen LogP) is 2.60. The van der Waals surface area contributed by atoms with Crippen molar-refractivity contribution in [2.45, 2.75) is 12.5 Å². The molecule has 8 heteroatoms. The van der Waals surface area contributed by atoms with Gasteiger partial charge in [-0.25, -0.2) is 0 Å². The van der Waals surface area contributed by atoms with Gasteiger partial charge in [0.05, 0.1) is 10.9 Å². The number of aliphatic imine (C=N–C) groups is 1. The van der Waals surface area contributed by atoms with Gasteiger partial charge in [0.1, 0.15) is 6.10 Å². The van der Waals surface area contributed by atoms with Crippen LogP contribution >= 0.6 is 46.9 Å². The van der Waals surface area contributed by atoms with Gasteiger partial charge in [-0.15, -0.1) is 35.3 Å². The summed E-state index contributed by atoms with van der Waals surface area (Å²) in [6.45, 7) is 3.11. The van der Waals surface area contributed by atoms with Crippen molar-refractivity contribution in [3.05, 3.63) is 21.3 Å². The van der Waals surface area contributed by atoms with Crippen LogP contribution in [0.4, 0.5) is 0 Å². The first kappa shape index (κ1) is 20.0. The van der Waals surface area contributed by atoms with E-state index in [9.17, 15) is 5.11 Å². The van der Waals surface area contributed by atoms with Gasteiger partial charge in [0.15, 0.2) is 5.96 Å². The zero-order valence-corrected chi connectivity index (χ0v) is 16.7. The topological polar surface area (TPSA) is 57.1 Å². The summed E-state index contributed by atoms with van der Waals surface area (Å²) in [5.74, 6) is 1.38. The van der Waals surface area contributed by atoms with Crippen molar-refractivity contribution >= 4 is 52.9 Å². The molecule has 0 saturated carbocycles. The van der Waals surface area contributed by atoms with Crippen LogP contribution in [0.15, 0.2) is 17.1 Å². The van der Waals surface area contributed by atoms with Gasteiger partial charge in [0, 0.05) is 44.6 Å². The number of hydrogen-bond acceptors (Lipinski definition) is 4. The Morgan fingerprint density at radius 3 is 3.00 bits per heavy atom. The summed E-state index contributed by atoms with van der Waals surface area (Å²) in [6.07, 6.45) is 0.536. The number of halogens is 2. The minimum absolute atomic E-state index is 0. The molecular weight excluding hydrogens is 437 g/mol.